The number of benzene rings is 2. The highest BCUT2D eigenvalue weighted by Crippen LogP contribution is 2.43. The van der Waals surface area contributed by atoms with Gasteiger partial charge < -0.3 is 9.52 Å². The Labute approximate surface area is 174 Å². The number of nitrogens with zero attached hydrogens (tertiary/aromatic N) is 1. The lowest BCUT2D eigenvalue weighted by Crippen LogP contribution is -2.29. The Bertz CT molecular complexity index is 1160. The number of Topliss-reactive ketones (excluding diaryl/α,β-unsaturated/α-hetero) is 1. The van der Waals surface area contributed by atoms with E-state index >= 15 is 0 Å². The van der Waals surface area contributed by atoms with Gasteiger partial charge in [-0.05, 0) is 42.5 Å². The Kier molecular flexibility index (Phi) is 4.90. The molecule has 1 unspecified atom stereocenters. The molecule has 1 aromatic heterocycles. The lowest BCUT2D eigenvalue weighted by atomic mass is 9.99. The monoisotopic (exact) mass is 431 g/mol. The fourth-order valence-corrected chi connectivity index (χ4v) is 3.61. The lowest BCUT2D eigenvalue weighted by Gasteiger charge is -2.23. The molecule has 5 nitrogen and oxygen atoms in total. The topological polar surface area (TPSA) is 70.8 Å². The number of rotatable bonds is 3. The van der Waals surface area contributed by atoms with Crippen LogP contribution in [0.15, 0.2) is 70.9 Å². The molecular formula is C21H12Cl2FNO4. The molecule has 0 bridgehead atoms. The van der Waals surface area contributed by atoms with Gasteiger partial charge in [-0.1, -0.05) is 35.3 Å². The van der Waals surface area contributed by atoms with Crippen LogP contribution in [0.5, 0.6) is 0 Å². The third-order valence-corrected chi connectivity index (χ3v) is 5.06. The zero-order chi connectivity index (χ0) is 20.7. The zero-order valence-electron chi connectivity index (χ0n) is 14.6. The number of furan rings is 1. The van der Waals surface area contributed by atoms with Crippen LogP contribution in [-0.4, -0.2) is 16.8 Å². The first kappa shape index (κ1) is 19.2. The van der Waals surface area contributed by atoms with Crippen molar-refractivity contribution in [3.63, 3.8) is 0 Å². The molecule has 1 aliphatic rings. The first-order chi connectivity index (χ1) is 13.9. The second-order valence-corrected chi connectivity index (χ2v) is 7.14. The van der Waals surface area contributed by atoms with Crippen LogP contribution in [0.1, 0.15) is 17.4 Å². The zero-order valence-corrected chi connectivity index (χ0v) is 16.1. The molecular weight excluding hydrogens is 420 g/mol. The molecule has 1 fully saturated rings. The minimum absolute atomic E-state index is 0.173. The number of halogens is 3. The summed E-state index contributed by atoms with van der Waals surface area (Å²) in [5, 5.41) is 11.0. The van der Waals surface area contributed by atoms with Crippen molar-refractivity contribution >= 4 is 46.3 Å². The highest BCUT2D eigenvalue weighted by Gasteiger charge is 2.48. The average Bonchev–Trinajstić information content (AvgIpc) is 3.31. The number of aliphatic hydroxyl groups excluding tert-OH is 1. The number of aliphatic hydroxyl groups is 1. The third-order valence-electron chi connectivity index (χ3n) is 4.54. The van der Waals surface area contributed by atoms with Gasteiger partial charge in [0, 0.05) is 16.3 Å². The van der Waals surface area contributed by atoms with E-state index in [-0.39, 0.29) is 27.6 Å². The number of anilines is 1. The number of ketones is 1. The van der Waals surface area contributed by atoms with Gasteiger partial charge >= 0.3 is 0 Å². The average molecular weight is 432 g/mol. The predicted molar refractivity (Wildman–Crippen MR) is 106 cm³/mol. The van der Waals surface area contributed by atoms with Gasteiger partial charge in [-0.15, -0.1) is 0 Å². The molecule has 1 N–H and O–H groups in total. The van der Waals surface area contributed by atoms with Crippen molar-refractivity contribution in [2.24, 2.45) is 0 Å². The van der Waals surface area contributed by atoms with E-state index in [0.717, 1.165) is 11.0 Å². The van der Waals surface area contributed by atoms with Crippen LogP contribution in [0, 0.1) is 5.82 Å². The number of carbonyl (C=O) groups is 2. The minimum Gasteiger partial charge on any atom is -0.507 e. The van der Waals surface area contributed by atoms with Crippen molar-refractivity contribution in [3.05, 3.63) is 93.6 Å². The van der Waals surface area contributed by atoms with Crippen LogP contribution in [-0.2, 0) is 9.59 Å². The van der Waals surface area contributed by atoms with E-state index in [1.807, 2.05) is 0 Å². The molecule has 8 heteroatoms. The highest BCUT2D eigenvalue weighted by atomic mass is 35.5. The van der Waals surface area contributed by atoms with E-state index in [9.17, 15) is 19.1 Å². The van der Waals surface area contributed by atoms with Crippen molar-refractivity contribution in [2.75, 3.05) is 4.90 Å². The SMILES string of the molecule is O=C1C(=O)N(c2ccc(F)c(Cl)c2)C(c2ccco2)/C1=C(/O)c1cccc(Cl)c1. The molecule has 2 aromatic carbocycles. The summed E-state index contributed by atoms with van der Waals surface area (Å²) in [5.74, 6) is -2.64. The van der Waals surface area contributed by atoms with Crippen molar-refractivity contribution in [2.45, 2.75) is 6.04 Å². The highest BCUT2D eigenvalue weighted by molar-refractivity contribution is 6.51. The minimum atomic E-state index is -1.06. The maximum absolute atomic E-state index is 13.6. The van der Waals surface area contributed by atoms with Gasteiger partial charge in [0.05, 0.1) is 16.9 Å². The summed E-state index contributed by atoms with van der Waals surface area (Å²) in [7, 11) is 0. The van der Waals surface area contributed by atoms with E-state index in [4.69, 9.17) is 27.6 Å². The smallest absolute Gasteiger partial charge is 0.300 e. The van der Waals surface area contributed by atoms with Gasteiger partial charge in [-0.2, -0.15) is 0 Å². The van der Waals surface area contributed by atoms with Gasteiger partial charge in [0.1, 0.15) is 23.4 Å². The first-order valence-electron chi connectivity index (χ1n) is 8.44. The second-order valence-electron chi connectivity index (χ2n) is 6.29. The molecule has 1 saturated heterocycles. The molecule has 0 aliphatic carbocycles. The summed E-state index contributed by atoms with van der Waals surface area (Å²) >= 11 is 11.9. The molecule has 0 saturated carbocycles. The molecule has 29 heavy (non-hydrogen) atoms. The summed E-state index contributed by atoms with van der Waals surface area (Å²) < 4.78 is 19.0. The number of carbonyl (C=O) groups excluding carboxylic acids is 2. The van der Waals surface area contributed by atoms with Crippen LogP contribution in [0.4, 0.5) is 10.1 Å². The first-order valence-corrected chi connectivity index (χ1v) is 9.19. The molecule has 1 amide bonds. The fourth-order valence-electron chi connectivity index (χ4n) is 3.24. The predicted octanol–water partition coefficient (Wildman–Crippen LogP) is 5.35. The van der Waals surface area contributed by atoms with Gasteiger partial charge in [0.25, 0.3) is 11.7 Å². The van der Waals surface area contributed by atoms with E-state index in [1.54, 1.807) is 30.3 Å². The van der Waals surface area contributed by atoms with Crippen LogP contribution in [0.3, 0.4) is 0 Å². The van der Waals surface area contributed by atoms with Crippen LogP contribution >= 0.6 is 23.2 Å². The number of hydrogen-bond acceptors (Lipinski definition) is 4. The summed E-state index contributed by atoms with van der Waals surface area (Å²) in [6, 6.07) is 12.0. The standard InChI is InChI=1S/C21H12Cl2FNO4/c22-12-4-1-3-11(9-12)19(26)17-18(16-5-2-8-29-16)25(21(28)20(17)27)13-6-7-15(24)14(23)10-13/h1-10,18,26H/b19-17-. The second kappa shape index (κ2) is 7.39. The summed E-state index contributed by atoms with van der Waals surface area (Å²) in [5.41, 5.74) is 0.280. The quantitative estimate of drug-likeness (QED) is 0.344. The molecule has 0 radical (unpaired) electrons. The Morgan fingerprint density at radius 1 is 1.07 bits per heavy atom. The van der Waals surface area contributed by atoms with Crippen LogP contribution in [0.25, 0.3) is 5.76 Å². The van der Waals surface area contributed by atoms with E-state index in [2.05, 4.69) is 0 Å². The summed E-state index contributed by atoms with van der Waals surface area (Å²) in [4.78, 5) is 26.8. The fraction of sp³-hybridized carbons (Fsp3) is 0.0476. The Balaban J connectivity index is 1.94. The molecule has 3 aromatic rings. The molecule has 146 valence electrons. The Morgan fingerprint density at radius 3 is 2.52 bits per heavy atom. The van der Waals surface area contributed by atoms with Crippen LogP contribution in [0.2, 0.25) is 10.0 Å². The van der Waals surface area contributed by atoms with E-state index in [0.29, 0.717) is 5.02 Å². The number of hydrogen-bond donors (Lipinski definition) is 1. The van der Waals surface area contributed by atoms with Gasteiger partial charge in [-0.3, -0.25) is 14.5 Å². The number of amides is 1. The van der Waals surface area contributed by atoms with Crippen molar-refractivity contribution in [1.82, 2.24) is 0 Å². The Morgan fingerprint density at radius 2 is 1.86 bits per heavy atom. The molecule has 4 rings (SSSR count). The normalized spacial score (nSPS) is 18.4. The van der Waals surface area contributed by atoms with Gasteiger partial charge in [0.15, 0.2) is 0 Å². The van der Waals surface area contributed by atoms with Gasteiger partial charge in [-0.25, -0.2) is 4.39 Å². The maximum atomic E-state index is 13.6. The van der Waals surface area contributed by atoms with Crippen molar-refractivity contribution in [3.8, 4) is 0 Å². The van der Waals surface area contributed by atoms with Crippen LogP contribution < -0.4 is 4.90 Å². The third kappa shape index (κ3) is 3.30. The van der Waals surface area contributed by atoms with E-state index in [1.165, 1.54) is 24.5 Å². The molecule has 0 spiro atoms. The summed E-state index contributed by atoms with van der Waals surface area (Å²) in [6.45, 7) is 0. The van der Waals surface area contributed by atoms with Crippen molar-refractivity contribution in [1.29, 1.82) is 0 Å². The van der Waals surface area contributed by atoms with Gasteiger partial charge in [0.2, 0.25) is 0 Å². The molecule has 1 aliphatic heterocycles. The van der Waals surface area contributed by atoms with E-state index < -0.39 is 29.3 Å². The molecule has 1 atom stereocenters. The largest absolute Gasteiger partial charge is 0.507 e. The molecule has 2 heterocycles. The Hall–Kier alpha value is -3.09. The van der Waals surface area contributed by atoms with Crippen molar-refractivity contribution < 1.29 is 23.5 Å². The maximum Gasteiger partial charge on any atom is 0.300 e. The summed E-state index contributed by atoms with van der Waals surface area (Å²) in [6.07, 6.45) is 1.38. The lowest BCUT2D eigenvalue weighted by molar-refractivity contribution is -0.132.